The number of rotatable bonds is 8. The Kier molecular flexibility index (Phi) is 8.35. The van der Waals surface area contributed by atoms with Crippen LogP contribution in [0, 0.1) is 0 Å². The third-order valence-electron chi connectivity index (χ3n) is 3.09. The van der Waals surface area contributed by atoms with Crippen molar-refractivity contribution in [3.63, 3.8) is 0 Å². The van der Waals surface area contributed by atoms with Crippen LogP contribution in [0.15, 0.2) is 29.2 Å². The lowest BCUT2D eigenvalue weighted by molar-refractivity contribution is -0.148. The van der Waals surface area contributed by atoms with Gasteiger partial charge >= 0.3 is 5.97 Å². The molecule has 0 spiro atoms. The summed E-state index contributed by atoms with van der Waals surface area (Å²) in [5, 5.41) is 0.718. The molecule has 0 atom stereocenters. The summed E-state index contributed by atoms with van der Waals surface area (Å²) < 4.78 is 4.63. The van der Waals surface area contributed by atoms with Gasteiger partial charge in [0.1, 0.15) is 6.54 Å². The van der Waals surface area contributed by atoms with Crippen LogP contribution in [-0.2, 0) is 14.3 Å². The summed E-state index contributed by atoms with van der Waals surface area (Å²) in [6.45, 7) is 3.80. The second-order valence-corrected chi connectivity index (χ2v) is 6.70. The molecule has 1 amide bonds. The van der Waals surface area contributed by atoms with Crippen molar-refractivity contribution in [3.8, 4) is 0 Å². The van der Waals surface area contributed by atoms with E-state index < -0.39 is 5.97 Å². The van der Waals surface area contributed by atoms with Crippen LogP contribution in [0.2, 0.25) is 5.02 Å². The Hall–Kier alpha value is -1.20. The lowest BCUT2D eigenvalue weighted by Crippen LogP contribution is -2.41. The normalized spacial score (nSPS) is 10.6. The molecule has 0 saturated heterocycles. The monoisotopic (exact) mass is 343 g/mol. The molecule has 0 radical (unpaired) electrons. The first-order chi connectivity index (χ1) is 10.4. The first-order valence-corrected chi connectivity index (χ1v) is 8.55. The fourth-order valence-corrected chi connectivity index (χ4v) is 2.83. The number of nitrogens with zero attached hydrogens (tertiary/aromatic N) is 1. The average molecular weight is 344 g/mol. The molecule has 6 heteroatoms. The Bertz CT molecular complexity index is 491. The fourth-order valence-electron chi connectivity index (χ4n) is 1.85. The molecule has 0 unspecified atom stereocenters. The number of carbonyl (C=O) groups excluding carboxylic acids is 2. The maximum Gasteiger partial charge on any atom is 0.325 e. The van der Waals surface area contributed by atoms with Gasteiger partial charge in [-0.05, 0) is 50.3 Å². The van der Waals surface area contributed by atoms with Crippen LogP contribution in [0.5, 0.6) is 0 Å². The van der Waals surface area contributed by atoms with E-state index in [0.717, 1.165) is 22.1 Å². The second-order valence-electron chi connectivity index (χ2n) is 5.10. The van der Waals surface area contributed by atoms with Crippen molar-refractivity contribution in [1.82, 2.24) is 4.90 Å². The van der Waals surface area contributed by atoms with Crippen LogP contribution in [0.4, 0.5) is 0 Å². The zero-order valence-corrected chi connectivity index (χ0v) is 14.7. The van der Waals surface area contributed by atoms with Gasteiger partial charge in [-0.25, -0.2) is 0 Å². The summed E-state index contributed by atoms with van der Waals surface area (Å²) in [6.07, 6.45) is 1.19. The predicted molar refractivity (Wildman–Crippen MR) is 90.3 cm³/mol. The average Bonchev–Trinajstić information content (AvgIpc) is 2.50. The predicted octanol–water partition coefficient (Wildman–Crippen LogP) is 3.62. The van der Waals surface area contributed by atoms with Crippen LogP contribution < -0.4 is 0 Å². The van der Waals surface area contributed by atoms with Crippen molar-refractivity contribution in [2.24, 2.45) is 0 Å². The standard InChI is InChI=1S/C16H22ClNO3S/c1-12(2)18(11-16(20)21-3)15(19)5-4-10-22-14-8-6-13(17)7-9-14/h6-9,12H,4-5,10-11H2,1-3H3. The second kappa shape index (κ2) is 9.74. The molecule has 0 heterocycles. The third-order valence-corrected chi connectivity index (χ3v) is 4.44. The molecule has 4 nitrogen and oxygen atoms in total. The van der Waals surface area contributed by atoms with Crippen molar-refractivity contribution < 1.29 is 14.3 Å². The largest absolute Gasteiger partial charge is 0.468 e. The maximum atomic E-state index is 12.2. The summed E-state index contributed by atoms with van der Waals surface area (Å²) in [5.74, 6) is 0.437. The van der Waals surface area contributed by atoms with Crippen molar-refractivity contribution in [1.29, 1.82) is 0 Å². The summed E-state index contributed by atoms with van der Waals surface area (Å²) in [5.41, 5.74) is 0. The number of halogens is 1. The summed E-state index contributed by atoms with van der Waals surface area (Å²) in [7, 11) is 1.33. The number of hydrogen-bond donors (Lipinski definition) is 0. The SMILES string of the molecule is COC(=O)CN(C(=O)CCCSc1ccc(Cl)cc1)C(C)C. The van der Waals surface area contributed by atoms with E-state index in [1.165, 1.54) is 7.11 Å². The Morgan fingerprint density at radius 1 is 1.27 bits per heavy atom. The molecule has 22 heavy (non-hydrogen) atoms. The zero-order valence-electron chi connectivity index (χ0n) is 13.2. The van der Waals surface area contributed by atoms with Crippen LogP contribution in [0.1, 0.15) is 26.7 Å². The zero-order chi connectivity index (χ0) is 16.5. The number of hydrogen-bond acceptors (Lipinski definition) is 4. The number of methoxy groups -OCH3 is 1. The molecule has 0 saturated carbocycles. The minimum absolute atomic E-state index is 0.0112. The van der Waals surface area contributed by atoms with Crippen LogP contribution in [-0.4, -0.2) is 42.2 Å². The highest BCUT2D eigenvalue weighted by Gasteiger charge is 2.19. The van der Waals surface area contributed by atoms with Gasteiger partial charge < -0.3 is 9.64 Å². The number of carbonyl (C=O) groups is 2. The molecule has 1 rings (SSSR count). The first kappa shape index (κ1) is 18.8. The van der Waals surface area contributed by atoms with Crippen molar-refractivity contribution in [3.05, 3.63) is 29.3 Å². The van der Waals surface area contributed by atoms with E-state index in [1.54, 1.807) is 16.7 Å². The molecule has 0 aromatic heterocycles. The number of thioether (sulfide) groups is 1. The Labute approximate surface area is 141 Å². The van der Waals surface area contributed by atoms with Gasteiger partial charge in [0.25, 0.3) is 0 Å². The van der Waals surface area contributed by atoms with Gasteiger partial charge in [0.2, 0.25) is 5.91 Å². The summed E-state index contributed by atoms with van der Waals surface area (Å²) in [6, 6.07) is 7.62. The van der Waals surface area contributed by atoms with Crippen LogP contribution in [0.3, 0.4) is 0 Å². The van der Waals surface area contributed by atoms with E-state index in [4.69, 9.17) is 11.6 Å². The molecular weight excluding hydrogens is 322 g/mol. The van der Waals surface area contributed by atoms with Crippen molar-refractivity contribution in [2.45, 2.75) is 37.6 Å². The van der Waals surface area contributed by atoms with Crippen molar-refractivity contribution >= 4 is 35.2 Å². The maximum absolute atomic E-state index is 12.2. The smallest absolute Gasteiger partial charge is 0.325 e. The van der Waals surface area contributed by atoms with Gasteiger partial charge in [0, 0.05) is 22.4 Å². The lowest BCUT2D eigenvalue weighted by atomic mass is 10.2. The first-order valence-electron chi connectivity index (χ1n) is 7.18. The molecule has 0 aliphatic heterocycles. The minimum Gasteiger partial charge on any atom is -0.468 e. The fraction of sp³-hybridized carbons (Fsp3) is 0.500. The molecular formula is C16H22ClNO3S. The topological polar surface area (TPSA) is 46.6 Å². The van der Waals surface area contributed by atoms with Gasteiger partial charge in [-0.3, -0.25) is 9.59 Å². The highest BCUT2D eigenvalue weighted by atomic mass is 35.5. The minimum atomic E-state index is -0.391. The van der Waals surface area contributed by atoms with E-state index in [0.29, 0.717) is 6.42 Å². The van der Waals surface area contributed by atoms with Gasteiger partial charge in [0.15, 0.2) is 0 Å². The third kappa shape index (κ3) is 6.71. The highest BCUT2D eigenvalue weighted by molar-refractivity contribution is 7.99. The molecule has 1 aromatic rings. The van der Waals surface area contributed by atoms with Gasteiger partial charge in [-0.2, -0.15) is 0 Å². The molecule has 0 N–H and O–H groups in total. The Balaban J connectivity index is 2.36. The van der Waals surface area contributed by atoms with Gasteiger partial charge in [-0.15, -0.1) is 11.8 Å². The molecule has 0 aliphatic rings. The molecule has 0 aliphatic carbocycles. The number of ether oxygens (including phenoxy) is 1. The number of benzene rings is 1. The Morgan fingerprint density at radius 3 is 2.45 bits per heavy atom. The van der Waals surface area contributed by atoms with Crippen LogP contribution >= 0.6 is 23.4 Å². The molecule has 0 fully saturated rings. The number of esters is 1. The Morgan fingerprint density at radius 2 is 1.91 bits per heavy atom. The molecule has 1 aromatic carbocycles. The van der Waals surface area contributed by atoms with E-state index >= 15 is 0 Å². The van der Waals surface area contributed by atoms with Gasteiger partial charge in [0.05, 0.1) is 7.11 Å². The van der Waals surface area contributed by atoms with Crippen LogP contribution in [0.25, 0.3) is 0 Å². The lowest BCUT2D eigenvalue weighted by Gasteiger charge is -2.25. The quantitative estimate of drug-likeness (QED) is 0.411. The van der Waals surface area contributed by atoms with E-state index in [9.17, 15) is 9.59 Å². The highest BCUT2D eigenvalue weighted by Crippen LogP contribution is 2.21. The van der Waals surface area contributed by atoms with E-state index in [1.807, 2.05) is 38.1 Å². The summed E-state index contributed by atoms with van der Waals surface area (Å²) in [4.78, 5) is 26.2. The van der Waals surface area contributed by atoms with E-state index in [2.05, 4.69) is 4.74 Å². The number of amides is 1. The van der Waals surface area contributed by atoms with Gasteiger partial charge in [-0.1, -0.05) is 11.6 Å². The summed E-state index contributed by atoms with van der Waals surface area (Å²) >= 11 is 7.52. The van der Waals surface area contributed by atoms with E-state index in [-0.39, 0.29) is 18.5 Å². The van der Waals surface area contributed by atoms with Crippen molar-refractivity contribution in [2.75, 3.05) is 19.4 Å². The molecule has 122 valence electrons. The molecule has 0 bridgehead atoms.